The highest BCUT2D eigenvalue weighted by Crippen LogP contribution is 2.14. The lowest BCUT2D eigenvalue weighted by Crippen LogP contribution is -2.34. The van der Waals surface area contributed by atoms with Gasteiger partial charge in [-0.3, -0.25) is 4.79 Å². The van der Waals surface area contributed by atoms with Gasteiger partial charge in [-0.15, -0.1) is 0 Å². The van der Waals surface area contributed by atoms with Gasteiger partial charge in [-0.2, -0.15) is 11.8 Å². The molecular weight excluding hydrogens is 234 g/mol. The van der Waals surface area contributed by atoms with Crippen LogP contribution in [0.5, 0.6) is 0 Å². The van der Waals surface area contributed by atoms with Crippen LogP contribution in [0.15, 0.2) is 0 Å². The molecule has 1 heterocycles. The van der Waals surface area contributed by atoms with Crippen LogP contribution in [0.4, 0.5) is 0 Å². The second-order valence-electron chi connectivity index (χ2n) is 5.00. The molecule has 1 amide bonds. The first-order chi connectivity index (χ1) is 8.20. The Morgan fingerprint density at radius 2 is 2.12 bits per heavy atom. The maximum absolute atomic E-state index is 11.8. The van der Waals surface area contributed by atoms with Crippen molar-refractivity contribution in [3.05, 3.63) is 0 Å². The molecule has 3 nitrogen and oxygen atoms in total. The fraction of sp³-hybridized carbons (Fsp3) is 0.923. The van der Waals surface area contributed by atoms with Gasteiger partial charge in [0, 0.05) is 25.7 Å². The third-order valence-corrected chi connectivity index (χ3v) is 4.29. The van der Waals surface area contributed by atoms with Crippen LogP contribution in [0, 0.1) is 11.8 Å². The molecule has 17 heavy (non-hydrogen) atoms. The van der Waals surface area contributed by atoms with Gasteiger partial charge < -0.3 is 10.1 Å². The molecule has 1 fully saturated rings. The maximum Gasteiger partial charge on any atom is 0.223 e. The molecule has 1 aliphatic heterocycles. The van der Waals surface area contributed by atoms with E-state index in [9.17, 15) is 4.79 Å². The number of nitrogens with one attached hydrogen (secondary N) is 1. The van der Waals surface area contributed by atoms with E-state index in [1.807, 2.05) is 11.8 Å². The van der Waals surface area contributed by atoms with Crippen LogP contribution in [0.2, 0.25) is 0 Å². The minimum absolute atomic E-state index is 0.187. The van der Waals surface area contributed by atoms with Gasteiger partial charge >= 0.3 is 0 Å². The molecule has 1 N–H and O–H groups in total. The van der Waals surface area contributed by atoms with Gasteiger partial charge in [0.1, 0.15) is 0 Å². The van der Waals surface area contributed by atoms with E-state index in [1.54, 1.807) is 0 Å². The predicted molar refractivity (Wildman–Crippen MR) is 73.3 cm³/mol. The first kappa shape index (κ1) is 14.8. The summed E-state index contributed by atoms with van der Waals surface area (Å²) in [4.78, 5) is 11.8. The van der Waals surface area contributed by atoms with Crippen molar-refractivity contribution in [1.29, 1.82) is 0 Å². The molecule has 0 atom stereocenters. The molecule has 0 aromatic heterocycles. The van der Waals surface area contributed by atoms with Crippen LogP contribution in [-0.2, 0) is 9.53 Å². The zero-order chi connectivity index (χ0) is 12.5. The SMILES string of the molecule is CC(C)CSCCCNC(=O)C1CCOCC1. The summed E-state index contributed by atoms with van der Waals surface area (Å²) >= 11 is 1.98. The number of hydrogen-bond donors (Lipinski definition) is 1. The number of amides is 1. The topological polar surface area (TPSA) is 38.3 Å². The summed E-state index contributed by atoms with van der Waals surface area (Å²) in [5.74, 6) is 3.53. The third-order valence-electron chi connectivity index (χ3n) is 2.81. The monoisotopic (exact) mass is 259 g/mol. The first-order valence-electron chi connectivity index (χ1n) is 6.63. The molecular formula is C13H25NO2S. The summed E-state index contributed by atoms with van der Waals surface area (Å²) in [5, 5.41) is 3.03. The largest absolute Gasteiger partial charge is 0.381 e. The third kappa shape index (κ3) is 6.94. The molecule has 0 unspecified atom stereocenters. The molecule has 100 valence electrons. The summed E-state index contributed by atoms with van der Waals surface area (Å²) in [6.45, 7) is 6.77. The van der Waals surface area contributed by atoms with Crippen LogP contribution >= 0.6 is 11.8 Å². The van der Waals surface area contributed by atoms with E-state index in [0.717, 1.165) is 50.7 Å². The Labute approximate surface area is 109 Å². The average molecular weight is 259 g/mol. The van der Waals surface area contributed by atoms with Gasteiger partial charge in [0.25, 0.3) is 0 Å². The van der Waals surface area contributed by atoms with E-state index < -0.39 is 0 Å². The molecule has 0 radical (unpaired) electrons. The summed E-state index contributed by atoms with van der Waals surface area (Å²) in [6.07, 6.45) is 2.84. The minimum atomic E-state index is 0.187. The Bertz CT molecular complexity index is 215. The Kier molecular flexibility index (Phi) is 7.69. The lowest BCUT2D eigenvalue weighted by Gasteiger charge is -2.21. The van der Waals surface area contributed by atoms with Crippen LogP contribution in [0.1, 0.15) is 33.1 Å². The van der Waals surface area contributed by atoms with E-state index in [0.29, 0.717) is 0 Å². The van der Waals surface area contributed by atoms with Crippen molar-refractivity contribution in [2.45, 2.75) is 33.1 Å². The van der Waals surface area contributed by atoms with Gasteiger partial charge in [0.15, 0.2) is 0 Å². The minimum Gasteiger partial charge on any atom is -0.381 e. The summed E-state index contributed by atoms with van der Waals surface area (Å²) in [7, 11) is 0. The number of carbonyl (C=O) groups is 1. The van der Waals surface area contributed by atoms with E-state index >= 15 is 0 Å². The highest BCUT2D eigenvalue weighted by atomic mass is 32.2. The van der Waals surface area contributed by atoms with E-state index in [1.165, 1.54) is 5.75 Å². The Balaban J connectivity index is 1.96. The second kappa shape index (κ2) is 8.81. The molecule has 0 aliphatic carbocycles. The molecule has 0 aromatic carbocycles. The van der Waals surface area contributed by atoms with Crippen molar-refractivity contribution in [2.75, 3.05) is 31.3 Å². The van der Waals surface area contributed by atoms with Gasteiger partial charge in [0.05, 0.1) is 0 Å². The van der Waals surface area contributed by atoms with Crippen molar-refractivity contribution < 1.29 is 9.53 Å². The number of carbonyl (C=O) groups excluding carboxylic acids is 1. The number of rotatable bonds is 7. The molecule has 0 bridgehead atoms. The number of ether oxygens (including phenoxy) is 1. The van der Waals surface area contributed by atoms with Crippen LogP contribution in [-0.4, -0.2) is 37.2 Å². The Hall–Kier alpha value is -0.220. The van der Waals surface area contributed by atoms with E-state index in [4.69, 9.17) is 4.74 Å². The smallest absolute Gasteiger partial charge is 0.223 e. The fourth-order valence-corrected chi connectivity index (χ4v) is 2.80. The molecule has 1 saturated heterocycles. The normalized spacial score (nSPS) is 17.4. The lowest BCUT2D eigenvalue weighted by molar-refractivity contribution is -0.127. The summed E-state index contributed by atoms with van der Waals surface area (Å²) in [6, 6.07) is 0. The average Bonchev–Trinajstić information content (AvgIpc) is 2.34. The maximum atomic E-state index is 11.8. The second-order valence-corrected chi connectivity index (χ2v) is 6.15. The molecule has 1 rings (SSSR count). The zero-order valence-electron chi connectivity index (χ0n) is 11.0. The lowest BCUT2D eigenvalue weighted by atomic mass is 9.99. The van der Waals surface area contributed by atoms with Gasteiger partial charge in [0.2, 0.25) is 5.91 Å². The zero-order valence-corrected chi connectivity index (χ0v) is 11.9. The van der Waals surface area contributed by atoms with Gasteiger partial charge in [-0.1, -0.05) is 13.8 Å². The molecule has 0 saturated carbocycles. The van der Waals surface area contributed by atoms with E-state index in [-0.39, 0.29) is 11.8 Å². The van der Waals surface area contributed by atoms with Crippen LogP contribution < -0.4 is 5.32 Å². The summed E-state index contributed by atoms with van der Waals surface area (Å²) < 4.78 is 5.25. The highest BCUT2D eigenvalue weighted by Gasteiger charge is 2.20. The predicted octanol–water partition coefficient (Wildman–Crippen LogP) is 2.31. The molecule has 1 aliphatic rings. The molecule has 4 heteroatoms. The standard InChI is InChI=1S/C13H25NO2S/c1-11(2)10-17-9-3-6-14-13(15)12-4-7-16-8-5-12/h11-12H,3-10H2,1-2H3,(H,14,15). The van der Waals surface area contributed by atoms with Crippen LogP contribution in [0.3, 0.4) is 0 Å². The van der Waals surface area contributed by atoms with Crippen molar-refractivity contribution in [3.63, 3.8) is 0 Å². The summed E-state index contributed by atoms with van der Waals surface area (Å²) in [5.41, 5.74) is 0. The van der Waals surface area contributed by atoms with Crippen molar-refractivity contribution in [3.8, 4) is 0 Å². The van der Waals surface area contributed by atoms with Crippen molar-refractivity contribution >= 4 is 17.7 Å². The highest BCUT2D eigenvalue weighted by molar-refractivity contribution is 7.99. The van der Waals surface area contributed by atoms with Crippen LogP contribution in [0.25, 0.3) is 0 Å². The first-order valence-corrected chi connectivity index (χ1v) is 7.79. The Morgan fingerprint density at radius 3 is 2.76 bits per heavy atom. The number of hydrogen-bond acceptors (Lipinski definition) is 3. The van der Waals surface area contributed by atoms with E-state index in [2.05, 4.69) is 19.2 Å². The van der Waals surface area contributed by atoms with Gasteiger partial charge in [-0.25, -0.2) is 0 Å². The van der Waals surface area contributed by atoms with Gasteiger partial charge in [-0.05, 0) is 36.7 Å². The van der Waals surface area contributed by atoms with Crippen molar-refractivity contribution in [1.82, 2.24) is 5.32 Å². The molecule has 0 aromatic rings. The fourth-order valence-electron chi connectivity index (χ4n) is 1.81. The molecule has 0 spiro atoms. The van der Waals surface area contributed by atoms with Crippen molar-refractivity contribution in [2.24, 2.45) is 11.8 Å². The quantitative estimate of drug-likeness (QED) is 0.713. The Morgan fingerprint density at radius 1 is 1.41 bits per heavy atom. The number of thioether (sulfide) groups is 1.